The fraction of sp³-hybridized carbons (Fsp3) is 0.778. The lowest BCUT2D eigenvalue weighted by atomic mass is 9.89. The Kier molecular flexibility index (Phi) is 13.5. The SMILES string of the molecule is CNC(=O)[C@H](CCCCC(N)O)CC(=O)[C@@H](NC(=O)C(Br)C(Br)C(=O)O)C(C)C. The van der Waals surface area contributed by atoms with Crippen molar-refractivity contribution < 1.29 is 29.4 Å². The molecule has 0 aromatic carbocycles. The van der Waals surface area contributed by atoms with Gasteiger partial charge in [-0.2, -0.15) is 0 Å². The van der Waals surface area contributed by atoms with Gasteiger partial charge >= 0.3 is 5.97 Å². The zero-order chi connectivity index (χ0) is 22.7. The molecule has 0 spiro atoms. The fourth-order valence-corrected chi connectivity index (χ4v) is 3.35. The molecule has 0 aliphatic rings. The smallest absolute Gasteiger partial charge is 0.318 e. The minimum atomic E-state index is -1.21. The van der Waals surface area contributed by atoms with Gasteiger partial charge in [-0.15, -0.1) is 0 Å². The highest BCUT2D eigenvalue weighted by Gasteiger charge is 2.34. The number of halogens is 2. The number of aliphatic hydroxyl groups excluding tert-OH is 1. The summed E-state index contributed by atoms with van der Waals surface area (Å²) in [5, 5.41) is 23.3. The van der Waals surface area contributed by atoms with E-state index in [2.05, 4.69) is 42.5 Å². The number of hydrogen-bond donors (Lipinski definition) is 5. The first-order valence-corrected chi connectivity index (χ1v) is 11.2. The van der Waals surface area contributed by atoms with E-state index in [0.29, 0.717) is 25.7 Å². The monoisotopic (exact) mass is 543 g/mol. The number of nitrogens with two attached hydrogens (primary N) is 1. The Labute approximate surface area is 187 Å². The maximum atomic E-state index is 12.8. The van der Waals surface area contributed by atoms with Gasteiger partial charge in [0.05, 0.1) is 6.04 Å². The molecular formula is C18H31Br2N3O6. The summed E-state index contributed by atoms with van der Waals surface area (Å²) in [4.78, 5) is 46.1. The number of carbonyl (C=O) groups is 4. The number of Topliss-reactive ketones (excluding diaryl/α,β-unsaturated/α-hetero) is 1. The van der Waals surface area contributed by atoms with Crippen molar-refractivity contribution in [1.82, 2.24) is 10.6 Å². The summed E-state index contributed by atoms with van der Waals surface area (Å²) in [6.45, 7) is 3.51. The molecule has 0 saturated carbocycles. The van der Waals surface area contributed by atoms with Gasteiger partial charge in [0, 0.05) is 19.4 Å². The maximum absolute atomic E-state index is 12.8. The molecule has 0 heterocycles. The molecule has 6 N–H and O–H groups in total. The summed E-state index contributed by atoms with van der Waals surface area (Å²) < 4.78 is 0. The molecule has 0 bridgehead atoms. The van der Waals surface area contributed by atoms with E-state index in [9.17, 15) is 19.2 Å². The first-order chi connectivity index (χ1) is 13.4. The normalized spacial score (nSPS) is 16.4. The van der Waals surface area contributed by atoms with Crippen molar-refractivity contribution in [3.05, 3.63) is 0 Å². The average molecular weight is 545 g/mol. The van der Waals surface area contributed by atoms with Crippen LogP contribution < -0.4 is 16.4 Å². The molecule has 0 saturated heterocycles. The van der Waals surface area contributed by atoms with Gasteiger partial charge in [-0.1, -0.05) is 52.1 Å². The maximum Gasteiger partial charge on any atom is 0.318 e. The summed E-state index contributed by atoms with van der Waals surface area (Å²) in [6.07, 6.45) is 1.13. The highest BCUT2D eigenvalue weighted by molar-refractivity contribution is 9.12. The lowest BCUT2D eigenvalue weighted by Crippen LogP contribution is -2.50. The summed E-state index contributed by atoms with van der Waals surface area (Å²) >= 11 is 5.94. The van der Waals surface area contributed by atoms with Crippen LogP contribution >= 0.6 is 31.9 Å². The van der Waals surface area contributed by atoms with Gasteiger partial charge in [-0.3, -0.25) is 19.2 Å². The summed E-state index contributed by atoms with van der Waals surface area (Å²) in [5.74, 6) is -3.23. The highest BCUT2D eigenvalue weighted by Crippen LogP contribution is 2.20. The minimum absolute atomic E-state index is 0.0579. The molecule has 2 amide bonds. The number of unbranched alkanes of at least 4 members (excludes halogenated alkanes) is 1. The first kappa shape index (κ1) is 28.0. The number of aliphatic hydroxyl groups is 1. The third-order valence-electron chi connectivity index (χ3n) is 4.42. The topological polar surface area (TPSA) is 159 Å². The number of aliphatic carboxylic acids is 1. The van der Waals surface area contributed by atoms with Gasteiger partial charge in [0.1, 0.15) is 15.9 Å². The number of hydrogen-bond acceptors (Lipinski definition) is 6. The Morgan fingerprint density at radius 2 is 1.55 bits per heavy atom. The standard InChI is InChI=1S/C18H31Br2N3O6/c1-9(2)15(23-17(27)13(19)14(20)18(28)29)11(24)8-10(16(26)22-3)6-4-5-7-12(21)25/h9-10,12-15,25H,4-8,21H2,1-3H3,(H,22,26)(H,23,27)(H,28,29)/t10-,12?,13?,14?,15+/m1/s1. The molecular weight excluding hydrogens is 514 g/mol. The summed E-state index contributed by atoms with van der Waals surface area (Å²) in [7, 11) is 1.49. The molecule has 0 rings (SSSR count). The Balaban J connectivity index is 5.07. The molecule has 0 aliphatic carbocycles. The fourth-order valence-electron chi connectivity index (χ4n) is 2.75. The molecule has 5 atom stereocenters. The second-order valence-electron chi connectivity index (χ2n) is 7.21. The Hall–Kier alpha value is -1.04. The zero-order valence-corrected chi connectivity index (χ0v) is 20.0. The van der Waals surface area contributed by atoms with Crippen molar-refractivity contribution in [2.45, 2.75) is 67.9 Å². The van der Waals surface area contributed by atoms with Crippen LogP contribution in [0.4, 0.5) is 0 Å². The van der Waals surface area contributed by atoms with Crippen LogP contribution in [0.2, 0.25) is 0 Å². The van der Waals surface area contributed by atoms with Gasteiger partial charge in [0.2, 0.25) is 11.8 Å². The number of carbonyl (C=O) groups excluding carboxylic acids is 3. The van der Waals surface area contributed by atoms with Crippen LogP contribution in [-0.2, 0) is 19.2 Å². The van der Waals surface area contributed by atoms with E-state index in [1.807, 2.05) is 0 Å². The molecule has 168 valence electrons. The van der Waals surface area contributed by atoms with E-state index in [1.54, 1.807) is 13.8 Å². The zero-order valence-electron chi connectivity index (χ0n) is 16.9. The van der Waals surface area contributed by atoms with Gasteiger partial charge in [-0.25, -0.2) is 0 Å². The van der Waals surface area contributed by atoms with Crippen molar-refractivity contribution in [2.75, 3.05) is 7.05 Å². The van der Waals surface area contributed by atoms with Gasteiger partial charge in [-0.05, 0) is 25.2 Å². The summed E-state index contributed by atoms with van der Waals surface area (Å²) in [5.41, 5.74) is 5.30. The predicted octanol–water partition coefficient (Wildman–Crippen LogP) is 0.898. The second kappa shape index (κ2) is 14.1. The van der Waals surface area contributed by atoms with E-state index in [0.717, 1.165) is 0 Å². The quantitative estimate of drug-likeness (QED) is 0.123. The number of rotatable bonds is 14. The average Bonchev–Trinajstić information content (AvgIpc) is 2.65. The van der Waals surface area contributed by atoms with Crippen LogP contribution in [0.3, 0.4) is 0 Å². The molecule has 0 aromatic heterocycles. The first-order valence-electron chi connectivity index (χ1n) is 9.41. The molecule has 0 radical (unpaired) electrons. The lowest BCUT2D eigenvalue weighted by molar-refractivity contribution is -0.138. The molecule has 11 heteroatoms. The van der Waals surface area contributed by atoms with Crippen LogP contribution in [0.25, 0.3) is 0 Å². The summed E-state index contributed by atoms with van der Waals surface area (Å²) in [6, 6.07) is -0.853. The second-order valence-corrected chi connectivity index (χ2v) is 9.18. The Morgan fingerprint density at radius 1 is 1.00 bits per heavy atom. The van der Waals surface area contributed by atoms with E-state index in [1.165, 1.54) is 7.05 Å². The third-order valence-corrected chi connectivity index (χ3v) is 7.00. The molecule has 9 nitrogen and oxygen atoms in total. The van der Waals surface area contributed by atoms with E-state index >= 15 is 0 Å². The van der Waals surface area contributed by atoms with Crippen molar-refractivity contribution in [1.29, 1.82) is 0 Å². The van der Waals surface area contributed by atoms with Gasteiger partial charge < -0.3 is 26.6 Å². The largest absolute Gasteiger partial charge is 0.480 e. The van der Waals surface area contributed by atoms with Gasteiger partial charge in [0.25, 0.3) is 0 Å². The predicted molar refractivity (Wildman–Crippen MR) is 116 cm³/mol. The number of nitrogens with one attached hydrogen (secondary N) is 2. The van der Waals surface area contributed by atoms with Crippen LogP contribution in [0.15, 0.2) is 0 Å². The number of carboxylic acids is 1. The lowest BCUT2D eigenvalue weighted by Gasteiger charge is -2.25. The molecule has 0 aromatic rings. The van der Waals surface area contributed by atoms with Crippen LogP contribution in [0.5, 0.6) is 0 Å². The minimum Gasteiger partial charge on any atom is -0.480 e. The van der Waals surface area contributed by atoms with Crippen molar-refractivity contribution in [2.24, 2.45) is 17.6 Å². The molecule has 3 unspecified atom stereocenters. The number of amides is 2. The van der Waals surface area contributed by atoms with Crippen LogP contribution in [0, 0.1) is 11.8 Å². The van der Waals surface area contributed by atoms with Crippen LogP contribution in [-0.4, -0.2) is 62.8 Å². The number of ketones is 1. The van der Waals surface area contributed by atoms with Crippen molar-refractivity contribution in [3.8, 4) is 0 Å². The molecule has 0 aliphatic heterocycles. The molecule has 0 fully saturated rings. The van der Waals surface area contributed by atoms with E-state index in [-0.39, 0.29) is 24.0 Å². The third kappa shape index (κ3) is 10.5. The highest BCUT2D eigenvalue weighted by atomic mass is 79.9. The van der Waals surface area contributed by atoms with Crippen molar-refractivity contribution >= 4 is 55.4 Å². The van der Waals surface area contributed by atoms with E-state index in [4.69, 9.17) is 15.9 Å². The van der Waals surface area contributed by atoms with Crippen molar-refractivity contribution in [3.63, 3.8) is 0 Å². The molecule has 29 heavy (non-hydrogen) atoms. The Morgan fingerprint density at radius 3 is 2.00 bits per heavy atom. The number of carboxylic acid groups (broad SMARTS) is 1. The van der Waals surface area contributed by atoms with Crippen LogP contribution in [0.1, 0.15) is 46.0 Å². The van der Waals surface area contributed by atoms with Gasteiger partial charge in [0.15, 0.2) is 5.78 Å². The number of alkyl halides is 2. The van der Waals surface area contributed by atoms with E-state index < -0.39 is 39.7 Å². The Bertz CT molecular complexity index is 574.